The fraction of sp³-hybridized carbons (Fsp3) is 0.794. The number of likely N-dealkylation sites (tertiary alicyclic amines) is 1. The smallest absolute Gasteiger partial charge is 0.482 e. The molecule has 1 aromatic rings. The number of ether oxygens (including phenoxy) is 4. The third-order valence-corrected chi connectivity index (χ3v) is 12.9. The van der Waals surface area contributed by atoms with Crippen molar-refractivity contribution in [3.63, 3.8) is 0 Å². The van der Waals surface area contributed by atoms with Crippen molar-refractivity contribution < 1.29 is 39.1 Å². The molecule has 8 atom stereocenters. The molecule has 9 nitrogen and oxygen atoms in total. The molecule has 0 amide bonds. The highest BCUT2D eigenvalue weighted by molar-refractivity contribution is 5.70. The van der Waals surface area contributed by atoms with E-state index in [1.54, 1.807) is 7.11 Å². The summed E-state index contributed by atoms with van der Waals surface area (Å²) in [5, 5.41) is 31.1. The number of carbonyl (C=O) groups is 1. The zero-order valence-electron chi connectivity index (χ0n) is 26.4. The summed E-state index contributed by atoms with van der Waals surface area (Å²) in [6.45, 7) is 10.0. The molecular weight excluding hydrogens is 550 g/mol. The molecule has 238 valence electrons. The number of nitrogens with zero attached hydrogens (tertiary/aromatic N) is 1. The summed E-state index contributed by atoms with van der Waals surface area (Å²) >= 11 is 0. The zero-order chi connectivity index (χ0) is 30.6. The first-order chi connectivity index (χ1) is 20.3. The van der Waals surface area contributed by atoms with Crippen LogP contribution in [0.2, 0.25) is 0 Å². The number of benzene rings is 1. The van der Waals surface area contributed by atoms with Crippen molar-refractivity contribution in [2.75, 3.05) is 33.4 Å². The molecule has 2 unspecified atom stereocenters. The minimum absolute atomic E-state index is 0.0633. The number of fused-ring (bicyclic) bond motifs is 2. The fourth-order valence-corrected chi connectivity index (χ4v) is 10.1. The zero-order valence-corrected chi connectivity index (χ0v) is 26.4. The van der Waals surface area contributed by atoms with Crippen LogP contribution in [0.1, 0.15) is 83.8 Å². The second kappa shape index (κ2) is 9.79. The van der Waals surface area contributed by atoms with Gasteiger partial charge in [-0.15, -0.1) is 0 Å². The van der Waals surface area contributed by atoms with Crippen molar-refractivity contribution in [2.24, 2.45) is 22.7 Å². The van der Waals surface area contributed by atoms with Gasteiger partial charge in [0.2, 0.25) is 0 Å². The first kappa shape index (κ1) is 29.8. The van der Waals surface area contributed by atoms with Crippen molar-refractivity contribution in [1.82, 2.24) is 4.90 Å². The van der Waals surface area contributed by atoms with Crippen molar-refractivity contribution >= 4 is 6.16 Å². The molecule has 3 N–H and O–H groups in total. The van der Waals surface area contributed by atoms with Crippen LogP contribution in [0, 0.1) is 22.7 Å². The molecule has 5 fully saturated rings. The second-order valence-electron chi connectivity index (χ2n) is 15.6. The Hall–Kier alpha value is -1.91. The molecule has 43 heavy (non-hydrogen) atoms. The van der Waals surface area contributed by atoms with Crippen LogP contribution in [-0.2, 0) is 21.3 Å². The summed E-state index contributed by atoms with van der Waals surface area (Å²) in [6, 6.07) is 4.29. The van der Waals surface area contributed by atoms with Gasteiger partial charge in [-0.25, -0.2) is 4.79 Å². The van der Waals surface area contributed by atoms with E-state index in [0.29, 0.717) is 17.5 Å². The lowest BCUT2D eigenvalue weighted by atomic mass is 9.33. The molecule has 1 aromatic carbocycles. The average Bonchev–Trinajstić information content (AvgIpc) is 3.71. The normalized spacial score (nSPS) is 37.7. The highest BCUT2D eigenvalue weighted by Crippen LogP contribution is 2.78. The molecule has 4 saturated carbocycles. The molecule has 4 bridgehead atoms. The monoisotopic (exact) mass is 599 g/mol. The van der Waals surface area contributed by atoms with Gasteiger partial charge < -0.3 is 34.3 Å². The molecule has 2 heterocycles. The van der Waals surface area contributed by atoms with E-state index >= 15 is 0 Å². The predicted molar refractivity (Wildman–Crippen MR) is 158 cm³/mol. The second-order valence-corrected chi connectivity index (χ2v) is 15.6. The summed E-state index contributed by atoms with van der Waals surface area (Å²) < 4.78 is 24.8. The van der Waals surface area contributed by atoms with Gasteiger partial charge in [0, 0.05) is 48.4 Å². The van der Waals surface area contributed by atoms with Crippen LogP contribution in [-0.4, -0.2) is 89.2 Å². The van der Waals surface area contributed by atoms with Gasteiger partial charge in [-0.3, -0.25) is 4.90 Å². The first-order valence-electron chi connectivity index (χ1n) is 16.3. The largest absolute Gasteiger partial charge is 0.513 e. The van der Waals surface area contributed by atoms with E-state index in [-0.39, 0.29) is 41.3 Å². The maximum atomic E-state index is 12.8. The van der Waals surface area contributed by atoms with Crippen molar-refractivity contribution in [2.45, 2.75) is 114 Å². The van der Waals surface area contributed by atoms with Gasteiger partial charge in [0.25, 0.3) is 0 Å². The van der Waals surface area contributed by atoms with Crippen LogP contribution in [0.15, 0.2) is 12.1 Å². The molecular formula is C34H49NO8. The lowest BCUT2D eigenvalue weighted by molar-refractivity contribution is -0.312. The van der Waals surface area contributed by atoms with Crippen LogP contribution < -0.4 is 9.47 Å². The highest BCUT2D eigenvalue weighted by atomic mass is 16.7. The van der Waals surface area contributed by atoms with Crippen molar-refractivity contribution in [3.05, 3.63) is 23.3 Å². The van der Waals surface area contributed by atoms with Gasteiger partial charge in [-0.2, -0.15) is 0 Å². The maximum Gasteiger partial charge on any atom is 0.513 e. The minimum Gasteiger partial charge on any atom is -0.482 e. The van der Waals surface area contributed by atoms with E-state index in [1.165, 1.54) is 24.0 Å². The molecule has 7 aliphatic rings. The van der Waals surface area contributed by atoms with Crippen molar-refractivity contribution in [3.8, 4) is 11.5 Å². The van der Waals surface area contributed by atoms with Crippen molar-refractivity contribution in [1.29, 1.82) is 0 Å². The van der Waals surface area contributed by atoms with E-state index in [1.807, 2.05) is 13.0 Å². The number of methoxy groups -OCH3 is 1. The first-order valence-corrected chi connectivity index (χ1v) is 16.3. The SMILES string of the molecule is COC12CC[C@@]3(C[C@@H]1[C@](C)(O)C(C)(C)C)[C@H]1Cc4ccc(OC(=O)OCCC(O)CO)c5c4[C@@]3(CCN1CC1CC1)[C@H]2O5. The molecule has 1 saturated heterocycles. The lowest BCUT2D eigenvalue weighted by Gasteiger charge is -2.75. The van der Waals surface area contributed by atoms with Gasteiger partial charge in [0.1, 0.15) is 11.7 Å². The number of carbonyl (C=O) groups excluding carboxylic acids is 1. The number of hydrogen-bond donors (Lipinski definition) is 3. The van der Waals surface area contributed by atoms with Gasteiger partial charge in [-0.1, -0.05) is 26.8 Å². The van der Waals surface area contributed by atoms with E-state index < -0.39 is 30.1 Å². The lowest BCUT2D eigenvalue weighted by Crippen LogP contribution is -2.83. The van der Waals surface area contributed by atoms with Gasteiger partial charge >= 0.3 is 6.16 Å². The molecule has 8 rings (SSSR count). The molecule has 2 spiro atoms. The van der Waals surface area contributed by atoms with E-state index in [2.05, 4.69) is 31.7 Å². The number of aliphatic hydroxyl groups excluding tert-OH is 2. The Balaban J connectivity index is 1.33. The molecule has 2 aliphatic heterocycles. The topological polar surface area (TPSA) is 118 Å². The van der Waals surface area contributed by atoms with E-state index in [9.17, 15) is 15.0 Å². The third-order valence-electron chi connectivity index (χ3n) is 12.9. The summed E-state index contributed by atoms with van der Waals surface area (Å²) in [5.41, 5.74) is -0.0344. The molecule has 0 aromatic heterocycles. The summed E-state index contributed by atoms with van der Waals surface area (Å²) in [6.07, 6.45) is 5.20. The maximum absolute atomic E-state index is 12.8. The third kappa shape index (κ3) is 3.97. The fourth-order valence-electron chi connectivity index (χ4n) is 10.1. The van der Waals surface area contributed by atoms with Crippen LogP contribution in [0.3, 0.4) is 0 Å². The molecule has 5 aliphatic carbocycles. The van der Waals surface area contributed by atoms with Gasteiger partial charge in [0.15, 0.2) is 11.5 Å². The minimum atomic E-state index is -1.01. The van der Waals surface area contributed by atoms with Crippen LogP contribution >= 0.6 is 0 Å². The summed E-state index contributed by atoms with van der Waals surface area (Å²) in [5.74, 6) is 1.61. The average molecular weight is 600 g/mol. The number of aliphatic hydroxyl groups is 3. The van der Waals surface area contributed by atoms with E-state index in [4.69, 9.17) is 24.1 Å². The number of rotatable bonds is 9. The molecule has 0 radical (unpaired) electrons. The van der Waals surface area contributed by atoms with Crippen LogP contribution in [0.4, 0.5) is 4.79 Å². The Kier molecular flexibility index (Phi) is 6.78. The van der Waals surface area contributed by atoms with Crippen LogP contribution in [0.5, 0.6) is 11.5 Å². The number of hydrogen-bond acceptors (Lipinski definition) is 9. The van der Waals surface area contributed by atoms with Gasteiger partial charge in [-0.05, 0) is 81.4 Å². The predicted octanol–water partition coefficient (Wildman–Crippen LogP) is 3.97. The standard InChI is InChI=1S/C34H49NO8/c1-30(2,3)31(4,39)24-17-32-11-12-34(24,40-5)28-33(32)13-14-35(18-20-6-7-20)25(32)16-21-8-9-23(27(43-28)26(21)33)42-29(38)41-15-10-22(37)19-36/h8-9,20,22,24-25,28,36-37,39H,6-7,10-19H2,1-5H3/t22?,24-,25-,28-,31+,32-,33+,34?/m1/s1. The summed E-state index contributed by atoms with van der Waals surface area (Å²) in [4.78, 5) is 15.5. The molecule has 9 heteroatoms. The quantitative estimate of drug-likeness (QED) is 0.286. The number of piperidine rings is 1. The van der Waals surface area contributed by atoms with Gasteiger partial charge in [0.05, 0.1) is 24.9 Å². The Morgan fingerprint density at radius 2 is 1.95 bits per heavy atom. The Morgan fingerprint density at radius 1 is 1.19 bits per heavy atom. The Bertz CT molecular complexity index is 1290. The highest BCUT2D eigenvalue weighted by Gasteiger charge is 2.82. The Morgan fingerprint density at radius 3 is 2.63 bits per heavy atom. The Labute approximate surface area is 254 Å². The van der Waals surface area contributed by atoms with E-state index in [0.717, 1.165) is 51.1 Å². The summed E-state index contributed by atoms with van der Waals surface area (Å²) in [7, 11) is 1.78. The van der Waals surface area contributed by atoms with Crippen LogP contribution in [0.25, 0.3) is 0 Å².